The molecule has 0 saturated carbocycles. The number of hydrogen-bond acceptors (Lipinski definition) is 4. The van der Waals surface area contributed by atoms with E-state index in [2.05, 4.69) is 29.4 Å². The molecule has 2 aromatic rings. The molecular formula is C13H14ClN3OS. The van der Waals surface area contributed by atoms with Crippen LogP contribution >= 0.6 is 22.9 Å². The van der Waals surface area contributed by atoms with Crippen molar-refractivity contribution in [2.75, 3.05) is 5.32 Å². The molecule has 0 radical (unpaired) electrons. The molecule has 0 aliphatic heterocycles. The molecule has 19 heavy (non-hydrogen) atoms. The molecule has 0 aliphatic carbocycles. The highest BCUT2D eigenvalue weighted by Crippen LogP contribution is 2.21. The van der Waals surface area contributed by atoms with Crippen LogP contribution in [0, 0.1) is 5.92 Å². The smallest absolute Gasteiger partial charge is 0.259 e. The van der Waals surface area contributed by atoms with Gasteiger partial charge < -0.3 is 0 Å². The molecule has 0 unspecified atom stereocenters. The molecule has 100 valence electrons. The highest BCUT2D eigenvalue weighted by molar-refractivity contribution is 7.15. The number of carbonyl (C=O) groups excluding carboxylic acids is 1. The molecular weight excluding hydrogens is 282 g/mol. The van der Waals surface area contributed by atoms with Crippen LogP contribution in [-0.4, -0.2) is 16.1 Å². The molecule has 4 nitrogen and oxygen atoms in total. The van der Waals surface area contributed by atoms with Crippen LogP contribution in [0.3, 0.4) is 0 Å². The lowest BCUT2D eigenvalue weighted by atomic mass is 10.1. The molecule has 0 saturated heterocycles. The number of nitrogens with zero attached hydrogens (tertiary/aromatic N) is 2. The number of rotatable bonds is 4. The Kier molecular flexibility index (Phi) is 4.50. The van der Waals surface area contributed by atoms with Gasteiger partial charge in [-0.1, -0.05) is 48.9 Å². The third-order valence-corrected chi connectivity index (χ3v) is 3.58. The van der Waals surface area contributed by atoms with Crippen LogP contribution in [-0.2, 0) is 6.42 Å². The summed E-state index contributed by atoms with van der Waals surface area (Å²) in [7, 11) is 0. The van der Waals surface area contributed by atoms with Gasteiger partial charge in [0.25, 0.3) is 5.91 Å². The van der Waals surface area contributed by atoms with E-state index in [9.17, 15) is 4.79 Å². The number of anilines is 1. The Hall–Kier alpha value is -1.46. The summed E-state index contributed by atoms with van der Waals surface area (Å²) >= 11 is 7.36. The van der Waals surface area contributed by atoms with Crippen molar-refractivity contribution in [2.45, 2.75) is 20.3 Å². The van der Waals surface area contributed by atoms with Gasteiger partial charge in [-0.2, -0.15) is 0 Å². The Balaban J connectivity index is 2.07. The van der Waals surface area contributed by atoms with Gasteiger partial charge in [0.2, 0.25) is 5.13 Å². The summed E-state index contributed by atoms with van der Waals surface area (Å²) < 4.78 is 0. The van der Waals surface area contributed by atoms with Crippen molar-refractivity contribution in [3.63, 3.8) is 0 Å². The summed E-state index contributed by atoms with van der Waals surface area (Å²) in [5.41, 5.74) is 0.435. The van der Waals surface area contributed by atoms with E-state index >= 15 is 0 Å². The van der Waals surface area contributed by atoms with Crippen LogP contribution in [0.2, 0.25) is 5.02 Å². The maximum absolute atomic E-state index is 12.0. The topological polar surface area (TPSA) is 54.9 Å². The van der Waals surface area contributed by atoms with E-state index in [-0.39, 0.29) is 5.91 Å². The lowest BCUT2D eigenvalue weighted by Gasteiger charge is -2.02. The summed E-state index contributed by atoms with van der Waals surface area (Å²) in [5.74, 6) is 0.248. The Morgan fingerprint density at radius 3 is 2.79 bits per heavy atom. The minimum atomic E-state index is -0.266. The minimum absolute atomic E-state index is 0.266. The van der Waals surface area contributed by atoms with Gasteiger partial charge in [0, 0.05) is 6.42 Å². The number of amides is 1. The van der Waals surface area contributed by atoms with E-state index in [0.29, 0.717) is 21.6 Å². The normalized spacial score (nSPS) is 10.7. The summed E-state index contributed by atoms with van der Waals surface area (Å²) in [6.07, 6.45) is 0.861. The van der Waals surface area contributed by atoms with Gasteiger partial charge in [0.15, 0.2) is 0 Å². The first-order valence-corrected chi connectivity index (χ1v) is 7.14. The highest BCUT2D eigenvalue weighted by Gasteiger charge is 2.13. The largest absolute Gasteiger partial charge is 0.296 e. The second-order valence-corrected chi connectivity index (χ2v) is 6.00. The molecule has 0 atom stereocenters. The van der Waals surface area contributed by atoms with E-state index in [4.69, 9.17) is 11.6 Å². The second kappa shape index (κ2) is 6.12. The molecule has 0 aliphatic rings. The SMILES string of the molecule is CC(C)Cc1nnc(NC(=O)c2ccccc2Cl)s1. The molecule has 0 fully saturated rings. The first kappa shape index (κ1) is 14.0. The quantitative estimate of drug-likeness (QED) is 0.937. The van der Waals surface area contributed by atoms with E-state index < -0.39 is 0 Å². The molecule has 0 spiro atoms. The van der Waals surface area contributed by atoms with Crippen molar-refractivity contribution in [1.29, 1.82) is 0 Å². The molecule has 1 amide bonds. The summed E-state index contributed by atoms with van der Waals surface area (Å²) in [5, 5.41) is 12.6. The van der Waals surface area contributed by atoms with Crippen molar-refractivity contribution in [2.24, 2.45) is 5.92 Å². The fourth-order valence-corrected chi connectivity index (χ4v) is 2.71. The summed E-state index contributed by atoms with van der Waals surface area (Å²) in [6.45, 7) is 4.23. The van der Waals surface area contributed by atoms with Crippen LogP contribution in [0.1, 0.15) is 29.2 Å². The molecule has 1 aromatic carbocycles. The first-order valence-electron chi connectivity index (χ1n) is 5.94. The molecule has 1 N–H and O–H groups in total. The van der Waals surface area contributed by atoms with E-state index in [0.717, 1.165) is 11.4 Å². The van der Waals surface area contributed by atoms with Gasteiger partial charge in [0.1, 0.15) is 5.01 Å². The Bertz CT molecular complexity index is 583. The third-order valence-electron chi connectivity index (χ3n) is 2.39. The number of benzene rings is 1. The fourth-order valence-electron chi connectivity index (χ4n) is 1.55. The average molecular weight is 296 g/mol. The number of aromatic nitrogens is 2. The van der Waals surface area contributed by atoms with Crippen molar-refractivity contribution in [3.8, 4) is 0 Å². The lowest BCUT2D eigenvalue weighted by Crippen LogP contribution is -2.12. The van der Waals surface area contributed by atoms with Crippen LogP contribution < -0.4 is 5.32 Å². The van der Waals surface area contributed by atoms with Gasteiger partial charge in [-0.3, -0.25) is 10.1 Å². The van der Waals surface area contributed by atoms with Gasteiger partial charge in [0.05, 0.1) is 10.6 Å². The van der Waals surface area contributed by atoms with Crippen molar-refractivity contribution in [1.82, 2.24) is 10.2 Å². The molecule has 0 bridgehead atoms. The zero-order valence-corrected chi connectivity index (χ0v) is 12.3. The number of halogens is 1. The zero-order chi connectivity index (χ0) is 13.8. The Morgan fingerprint density at radius 2 is 2.11 bits per heavy atom. The third kappa shape index (κ3) is 3.75. The molecule has 1 heterocycles. The Morgan fingerprint density at radius 1 is 1.37 bits per heavy atom. The number of nitrogens with one attached hydrogen (secondary N) is 1. The summed E-state index contributed by atoms with van der Waals surface area (Å²) in [4.78, 5) is 12.0. The number of carbonyl (C=O) groups is 1. The van der Waals surface area contributed by atoms with Crippen molar-refractivity contribution < 1.29 is 4.79 Å². The van der Waals surface area contributed by atoms with E-state index in [1.165, 1.54) is 11.3 Å². The van der Waals surface area contributed by atoms with Crippen LogP contribution in [0.15, 0.2) is 24.3 Å². The van der Waals surface area contributed by atoms with Crippen LogP contribution in [0.25, 0.3) is 0 Å². The van der Waals surface area contributed by atoms with Gasteiger partial charge in [-0.25, -0.2) is 0 Å². The predicted octanol–water partition coefficient (Wildman–Crippen LogP) is 3.64. The van der Waals surface area contributed by atoms with Crippen LogP contribution in [0.5, 0.6) is 0 Å². The van der Waals surface area contributed by atoms with Gasteiger partial charge in [-0.15, -0.1) is 10.2 Å². The standard InChI is InChI=1S/C13H14ClN3OS/c1-8(2)7-11-16-17-13(19-11)15-12(18)9-5-3-4-6-10(9)14/h3-6,8H,7H2,1-2H3,(H,15,17,18). The molecule has 2 rings (SSSR count). The van der Waals surface area contributed by atoms with Crippen molar-refractivity contribution in [3.05, 3.63) is 39.9 Å². The van der Waals surface area contributed by atoms with E-state index in [1.54, 1.807) is 24.3 Å². The maximum atomic E-state index is 12.0. The summed E-state index contributed by atoms with van der Waals surface area (Å²) in [6, 6.07) is 6.91. The maximum Gasteiger partial charge on any atom is 0.259 e. The minimum Gasteiger partial charge on any atom is -0.296 e. The second-order valence-electron chi connectivity index (χ2n) is 4.53. The highest BCUT2D eigenvalue weighted by atomic mass is 35.5. The monoisotopic (exact) mass is 295 g/mol. The Labute approximate surface area is 120 Å². The first-order chi connectivity index (χ1) is 9.06. The fraction of sp³-hybridized carbons (Fsp3) is 0.308. The molecule has 1 aromatic heterocycles. The van der Waals surface area contributed by atoms with Gasteiger partial charge >= 0.3 is 0 Å². The van der Waals surface area contributed by atoms with Crippen molar-refractivity contribution >= 4 is 34.0 Å². The van der Waals surface area contributed by atoms with E-state index in [1.807, 2.05) is 0 Å². The lowest BCUT2D eigenvalue weighted by molar-refractivity contribution is 0.102. The zero-order valence-electron chi connectivity index (χ0n) is 10.7. The average Bonchev–Trinajstić information content (AvgIpc) is 2.76. The van der Waals surface area contributed by atoms with Gasteiger partial charge in [-0.05, 0) is 18.1 Å². The molecule has 6 heteroatoms. The predicted molar refractivity (Wildman–Crippen MR) is 77.9 cm³/mol. The van der Waals surface area contributed by atoms with Crippen LogP contribution in [0.4, 0.5) is 5.13 Å². The number of hydrogen-bond donors (Lipinski definition) is 1.